The lowest BCUT2D eigenvalue weighted by Gasteiger charge is -2.35. The van der Waals surface area contributed by atoms with Gasteiger partial charge in [0, 0.05) is 24.7 Å². The van der Waals surface area contributed by atoms with Gasteiger partial charge in [-0.3, -0.25) is 9.69 Å². The van der Waals surface area contributed by atoms with Crippen LogP contribution in [-0.2, 0) is 9.53 Å². The molecule has 5 heteroatoms. The maximum absolute atomic E-state index is 11.1. The van der Waals surface area contributed by atoms with E-state index >= 15 is 0 Å². The third kappa shape index (κ3) is 5.02. The van der Waals surface area contributed by atoms with Crippen LogP contribution in [0.5, 0.6) is 0 Å². The Morgan fingerprint density at radius 1 is 1.53 bits per heavy atom. The molecule has 5 nitrogen and oxygen atoms in total. The van der Waals surface area contributed by atoms with E-state index in [0.29, 0.717) is 24.7 Å². The molecule has 0 aliphatic carbocycles. The third-order valence-electron chi connectivity index (χ3n) is 3.19. The first kappa shape index (κ1) is 14.4. The van der Waals surface area contributed by atoms with E-state index < -0.39 is 0 Å². The van der Waals surface area contributed by atoms with E-state index in [1.807, 2.05) is 0 Å². The second kappa shape index (κ2) is 6.93. The Hall–Kier alpha value is -0.650. The molecule has 100 valence electrons. The van der Waals surface area contributed by atoms with E-state index in [1.54, 1.807) is 0 Å². The number of rotatable bonds is 6. The van der Waals surface area contributed by atoms with Crippen molar-refractivity contribution in [2.24, 2.45) is 5.73 Å². The van der Waals surface area contributed by atoms with Crippen LogP contribution >= 0.6 is 0 Å². The average molecular weight is 243 g/mol. The Kier molecular flexibility index (Phi) is 5.88. The summed E-state index contributed by atoms with van der Waals surface area (Å²) in [6.45, 7) is 9.10. The van der Waals surface area contributed by atoms with E-state index in [-0.39, 0.29) is 5.91 Å². The number of primary amides is 1. The molecule has 1 rings (SSSR count). The highest BCUT2D eigenvalue weighted by atomic mass is 16.5. The fourth-order valence-electron chi connectivity index (χ4n) is 2.35. The molecule has 0 aromatic carbocycles. The number of nitrogens with two attached hydrogens (primary N) is 1. The smallest absolute Gasteiger partial charge is 0.231 e. The van der Waals surface area contributed by atoms with E-state index in [2.05, 4.69) is 31.0 Å². The first-order valence-electron chi connectivity index (χ1n) is 6.36. The Bertz CT molecular complexity index is 240. The number of nitrogens with one attached hydrogen (secondary N) is 1. The van der Waals surface area contributed by atoms with E-state index in [1.165, 1.54) is 0 Å². The number of morpholine rings is 1. The summed E-state index contributed by atoms with van der Waals surface area (Å²) < 4.78 is 5.43. The van der Waals surface area contributed by atoms with Crippen molar-refractivity contribution < 1.29 is 9.53 Å². The summed E-state index contributed by atoms with van der Waals surface area (Å²) in [6, 6.07) is 1.02. The summed E-state index contributed by atoms with van der Waals surface area (Å²) in [7, 11) is 0. The monoisotopic (exact) mass is 243 g/mol. The number of nitrogens with zero attached hydrogens (tertiary/aromatic N) is 1. The molecule has 1 fully saturated rings. The molecule has 0 aromatic heterocycles. The normalized spacial score (nSPS) is 23.0. The first-order chi connectivity index (χ1) is 8.00. The van der Waals surface area contributed by atoms with Crippen LogP contribution in [0.25, 0.3) is 0 Å². The fourth-order valence-corrected chi connectivity index (χ4v) is 2.35. The molecule has 0 bridgehead atoms. The molecular weight excluding hydrogens is 218 g/mol. The van der Waals surface area contributed by atoms with Crippen molar-refractivity contribution in [2.75, 3.05) is 26.3 Å². The zero-order valence-corrected chi connectivity index (χ0v) is 11.1. The minimum absolute atomic E-state index is 0.265. The zero-order chi connectivity index (χ0) is 12.8. The SMILES string of the molecule is CC(C)N(CC(N)=O)C(C)CC1COCCN1. The number of ether oxygens (including phenoxy) is 1. The minimum Gasteiger partial charge on any atom is -0.379 e. The molecular formula is C12H25N3O2. The Morgan fingerprint density at radius 3 is 2.71 bits per heavy atom. The zero-order valence-electron chi connectivity index (χ0n) is 11.1. The highest BCUT2D eigenvalue weighted by Crippen LogP contribution is 2.12. The van der Waals surface area contributed by atoms with Crippen molar-refractivity contribution in [3.8, 4) is 0 Å². The fraction of sp³-hybridized carbons (Fsp3) is 0.917. The van der Waals surface area contributed by atoms with Crippen molar-refractivity contribution in [1.29, 1.82) is 0 Å². The van der Waals surface area contributed by atoms with Crippen LogP contribution in [0, 0.1) is 0 Å². The molecule has 3 N–H and O–H groups in total. The summed E-state index contributed by atoms with van der Waals surface area (Å²) >= 11 is 0. The van der Waals surface area contributed by atoms with Crippen LogP contribution in [0.3, 0.4) is 0 Å². The molecule has 0 saturated carbocycles. The summed E-state index contributed by atoms with van der Waals surface area (Å²) in [4.78, 5) is 13.2. The highest BCUT2D eigenvalue weighted by molar-refractivity contribution is 5.76. The molecule has 2 unspecified atom stereocenters. The number of hydrogen-bond acceptors (Lipinski definition) is 4. The van der Waals surface area contributed by atoms with Gasteiger partial charge in [0.05, 0.1) is 19.8 Å². The van der Waals surface area contributed by atoms with Gasteiger partial charge in [0.25, 0.3) is 0 Å². The van der Waals surface area contributed by atoms with Crippen LogP contribution in [0.2, 0.25) is 0 Å². The van der Waals surface area contributed by atoms with Crippen molar-refractivity contribution in [3.63, 3.8) is 0 Å². The van der Waals surface area contributed by atoms with Gasteiger partial charge < -0.3 is 15.8 Å². The van der Waals surface area contributed by atoms with Gasteiger partial charge in [-0.2, -0.15) is 0 Å². The maximum atomic E-state index is 11.1. The van der Waals surface area contributed by atoms with Crippen LogP contribution < -0.4 is 11.1 Å². The number of amides is 1. The molecule has 1 aliphatic heterocycles. The molecule has 2 atom stereocenters. The van der Waals surface area contributed by atoms with Crippen molar-refractivity contribution >= 4 is 5.91 Å². The van der Waals surface area contributed by atoms with Gasteiger partial charge in [0.2, 0.25) is 5.91 Å². The summed E-state index contributed by atoms with van der Waals surface area (Å²) in [5.41, 5.74) is 5.28. The average Bonchev–Trinajstić information content (AvgIpc) is 2.26. The molecule has 1 saturated heterocycles. The number of hydrogen-bond donors (Lipinski definition) is 2. The lowest BCUT2D eigenvalue weighted by atomic mass is 10.1. The van der Waals surface area contributed by atoms with Crippen molar-refractivity contribution in [2.45, 2.75) is 45.3 Å². The molecule has 17 heavy (non-hydrogen) atoms. The van der Waals surface area contributed by atoms with Gasteiger partial charge in [0.15, 0.2) is 0 Å². The van der Waals surface area contributed by atoms with Crippen LogP contribution in [0.15, 0.2) is 0 Å². The molecule has 0 radical (unpaired) electrons. The predicted molar refractivity (Wildman–Crippen MR) is 67.7 cm³/mol. The lowest BCUT2D eigenvalue weighted by molar-refractivity contribution is -0.120. The highest BCUT2D eigenvalue weighted by Gasteiger charge is 2.23. The van der Waals surface area contributed by atoms with Crippen molar-refractivity contribution in [1.82, 2.24) is 10.2 Å². The van der Waals surface area contributed by atoms with Gasteiger partial charge >= 0.3 is 0 Å². The standard InChI is InChI=1S/C12H25N3O2/c1-9(2)15(7-12(13)16)10(3)6-11-8-17-5-4-14-11/h9-11,14H,4-8H2,1-3H3,(H2,13,16). The lowest BCUT2D eigenvalue weighted by Crippen LogP contribution is -2.49. The van der Waals surface area contributed by atoms with E-state index in [0.717, 1.165) is 26.2 Å². The summed E-state index contributed by atoms with van der Waals surface area (Å²) in [5.74, 6) is -0.265. The van der Waals surface area contributed by atoms with Crippen molar-refractivity contribution in [3.05, 3.63) is 0 Å². The Balaban J connectivity index is 2.45. The van der Waals surface area contributed by atoms with Crippen LogP contribution in [-0.4, -0.2) is 55.2 Å². The largest absolute Gasteiger partial charge is 0.379 e. The van der Waals surface area contributed by atoms with E-state index in [9.17, 15) is 4.79 Å². The topological polar surface area (TPSA) is 67.6 Å². The second-order valence-corrected chi connectivity index (χ2v) is 5.04. The third-order valence-corrected chi connectivity index (χ3v) is 3.19. The van der Waals surface area contributed by atoms with Gasteiger partial charge in [-0.05, 0) is 27.2 Å². The quantitative estimate of drug-likeness (QED) is 0.686. The van der Waals surface area contributed by atoms with Gasteiger partial charge in [-0.25, -0.2) is 0 Å². The van der Waals surface area contributed by atoms with Crippen LogP contribution in [0.4, 0.5) is 0 Å². The Morgan fingerprint density at radius 2 is 2.24 bits per heavy atom. The van der Waals surface area contributed by atoms with E-state index in [4.69, 9.17) is 10.5 Å². The molecule has 1 heterocycles. The van der Waals surface area contributed by atoms with Gasteiger partial charge in [-0.15, -0.1) is 0 Å². The Labute approximate surface area is 104 Å². The molecule has 1 amide bonds. The summed E-state index contributed by atoms with van der Waals surface area (Å²) in [6.07, 6.45) is 0.978. The second-order valence-electron chi connectivity index (χ2n) is 5.04. The summed E-state index contributed by atoms with van der Waals surface area (Å²) in [5, 5.41) is 3.43. The van der Waals surface area contributed by atoms with Crippen LogP contribution in [0.1, 0.15) is 27.2 Å². The maximum Gasteiger partial charge on any atom is 0.231 e. The van der Waals surface area contributed by atoms with Gasteiger partial charge in [-0.1, -0.05) is 0 Å². The predicted octanol–water partition coefficient (Wildman–Crippen LogP) is -0.0509. The first-order valence-corrected chi connectivity index (χ1v) is 6.36. The number of carbonyl (C=O) groups is 1. The molecule has 0 aromatic rings. The molecule has 1 aliphatic rings. The molecule has 0 spiro atoms. The minimum atomic E-state index is -0.265. The number of carbonyl (C=O) groups excluding carboxylic acids is 1. The van der Waals surface area contributed by atoms with Gasteiger partial charge in [0.1, 0.15) is 0 Å².